The lowest BCUT2D eigenvalue weighted by molar-refractivity contribution is -0.140. The predicted octanol–water partition coefficient (Wildman–Crippen LogP) is 0.712. The normalized spacial score (nSPS) is 11.9. The van der Waals surface area contributed by atoms with E-state index in [-0.39, 0.29) is 0 Å². The topological polar surface area (TPSA) is 91.6 Å². The van der Waals surface area contributed by atoms with Crippen LogP contribution in [-0.4, -0.2) is 39.3 Å². The first-order chi connectivity index (χ1) is 10.1. The molecular formula is C15H16N2O4. The number of aromatic nitrogens is 1. The minimum atomic E-state index is -1.31. The van der Waals surface area contributed by atoms with Crippen LogP contribution in [0.2, 0.25) is 0 Å². The van der Waals surface area contributed by atoms with Gasteiger partial charge in [0.2, 0.25) is 0 Å². The second kappa shape index (κ2) is 6.71. The Morgan fingerprint density at radius 1 is 1.14 bits per heavy atom. The highest BCUT2D eigenvalue weighted by atomic mass is 16.4. The van der Waals surface area contributed by atoms with Crippen LogP contribution in [0.15, 0.2) is 48.7 Å². The number of carbonyl (C=O) groups excluding carboxylic acids is 1. The number of carboxylic acids is 1. The van der Waals surface area contributed by atoms with E-state index in [4.69, 9.17) is 10.2 Å². The molecule has 2 rings (SSSR count). The summed E-state index contributed by atoms with van der Waals surface area (Å²) in [5.41, 5.74) is 1.37. The van der Waals surface area contributed by atoms with E-state index in [1.807, 2.05) is 30.3 Å². The van der Waals surface area contributed by atoms with Crippen LogP contribution in [0.1, 0.15) is 16.1 Å². The van der Waals surface area contributed by atoms with Crippen molar-refractivity contribution in [3.8, 4) is 0 Å². The Balaban J connectivity index is 2.12. The van der Waals surface area contributed by atoms with Crippen LogP contribution in [0, 0.1) is 0 Å². The van der Waals surface area contributed by atoms with Crippen LogP contribution in [-0.2, 0) is 11.3 Å². The average Bonchev–Trinajstić information content (AvgIpc) is 2.93. The molecule has 1 atom stereocenters. The maximum atomic E-state index is 12.1. The smallest absolute Gasteiger partial charge is 0.328 e. The summed E-state index contributed by atoms with van der Waals surface area (Å²) in [6.45, 7) is -0.145. The van der Waals surface area contributed by atoms with Gasteiger partial charge in [-0.3, -0.25) is 4.79 Å². The number of nitrogens with zero attached hydrogens (tertiary/aromatic N) is 1. The van der Waals surface area contributed by atoms with Crippen molar-refractivity contribution in [1.82, 2.24) is 9.88 Å². The summed E-state index contributed by atoms with van der Waals surface area (Å²) in [6, 6.07) is 11.6. The van der Waals surface area contributed by atoms with Gasteiger partial charge in [0.05, 0.1) is 6.61 Å². The van der Waals surface area contributed by atoms with E-state index < -0.39 is 24.5 Å². The number of benzene rings is 1. The number of rotatable bonds is 6. The highest BCUT2D eigenvalue weighted by Gasteiger charge is 2.21. The van der Waals surface area contributed by atoms with Gasteiger partial charge in [-0.2, -0.15) is 0 Å². The molecule has 0 bridgehead atoms. The number of hydrogen-bond donors (Lipinski definition) is 3. The van der Waals surface area contributed by atoms with Gasteiger partial charge in [-0.1, -0.05) is 30.3 Å². The fraction of sp³-hybridized carbons (Fsp3) is 0.200. The fourth-order valence-corrected chi connectivity index (χ4v) is 1.96. The third-order valence-corrected chi connectivity index (χ3v) is 3.04. The van der Waals surface area contributed by atoms with Gasteiger partial charge in [-0.05, 0) is 17.7 Å². The highest BCUT2D eigenvalue weighted by molar-refractivity contribution is 5.95. The molecule has 6 heteroatoms. The van der Waals surface area contributed by atoms with Crippen LogP contribution >= 0.6 is 0 Å². The molecular weight excluding hydrogens is 272 g/mol. The number of aliphatic hydroxyl groups is 1. The number of aliphatic hydroxyl groups excluding tert-OH is 1. The molecule has 110 valence electrons. The van der Waals surface area contributed by atoms with Crippen LogP contribution in [0.4, 0.5) is 0 Å². The number of amides is 1. The lowest BCUT2D eigenvalue weighted by Crippen LogP contribution is -2.43. The number of aliphatic carboxylic acids is 1. The Kier molecular flexibility index (Phi) is 4.73. The monoisotopic (exact) mass is 288 g/mol. The lowest BCUT2D eigenvalue weighted by atomic mass is 10.2. The van der Waals surface area contributed by atoms with E-state index in [9.17, 15) is 9.59 Å². The lowest BCUT2D eigenvalue weighted by Gasteiger charge is -2.13. The Morgan fingerprint density at radius 2 is 1.86 bits per heavy atom. The van der Waals surface area contributed by atoms with Gasteiger partial charge < -0.3 is 20.1 Å². The van der Waals surface area contributed by atoms with Gasteiger partial charge in [0.25, 0.3) is 5.91 Å². The molecule has 0 aliphatic heterocycles. The van der Waals surface area contributed by atoms with Gasteiger partial charge in [0.1, 0.15) is 5.69 Å². The molecule has 1 amide bonds. The summed E-state index contributed by atoms with van der Waals surface area (Å²) in [4.78, 5) is 22.9. The van der Waals surface area contributed by atoms with Crippen molar-refractivity contribution in [1.29, 1.82) is 0 Å². The number of carboxylic acid groups (broad SMARTS) is 1. The Bertz CT molecular complexity index is 622. The van der Waals surface area contributed by atoms with Crippen molar-refractivity contribution in [2.24, 2.45) is 0 Å². The van der Waals surface area contributed by atoms with Crippen LogP contribution < -0.4 is 5.32 Å². The van der Waals surface area contributed by atoms with E-state index in [1.165, 1.54) is 0 Å². The summed E-state index contributed by atoms with van der Waals surface area (Å²) in [5.74, 6) is -1.80. The maximum absolute atomic E-state index is 12.1. The van der Waals surface area contributed by atoms with Crippen LogP contribution in [0.3, 0.4) is 0 Å². The molecule has 0 radical (unpaired) electrons. The summed E-state index contributed by atoms with van der Waals surface area (Å²) in [7, 11) is 0. The summed E-state index contributed by atoms with van der Waals surface area (Å²) >= 11 is 0. The minimum Gasteiger partial charge on any atom is -0.480 e. The van der Waals surface area contributed by atoms with Gasteiger partial charge in [0.15, 0.2) is 6.04 Å². The van der Waals surface area contributed by atoms with Crippen molar-refractivity contribution in [2.75, 3.05) is 6.61 Å². The molecule has 1 aromatic carbocycles. The predicted molar refractivity (Wildman–Crippen MR) is 76.0 cm³/mol. The first kappa shape index (κ1) is 14.8. The second-order valence-electron chi connectivity index (χ2n) is 4.55. The molecule has 1 aromatic heterocycles. The van der Waals surface area contributed by atoms with Gasteiger partial charge in [0, 0.05) is 12.7 Å². The number of nitrogens with one attached hydrogen (secondary N) is 1. The molecule has 21 heavy (non-hydrogen) atoms. The Morgan fingerprint density at radius 3 is 2.48 bits per heavy atom. The second-order valence-corrected chi connectivity index (χ2v) is 4.55. The Hall–Kier alpha value is -2.60. The summed E-state index contributed by atoms with van der Waals surface area (Å²) in [5, 5.41) is 20.1. The van der Waals surface area contributed by atoms with E-state index in [0.717, 1.165) is 5.56 Å². The van der Waals surface area contributed by atoms with Crippen molar-refractivity contribution in [2.45, 2.75) is 12.6 Å². The summed E-state index contributed by atoms with van der Waals surface area (Å²) < 4.78 is 1.72. The van der Waals surface area contributed by atoms with Crippen molar-refractivity contribution >= 4 is 11.9 Å². The molecule has 0 spiro atoms. The summed E-state index contributed by atoms with van der Waals surface area (Å²) in [6.07, 6.45) is 1.75. The van der Waals surface area contributed by atoms with E-state index in [2.05, 4.69) is 5.32 Å². The van der Waals surface area contributed by atoms with E-state index >= 15 is 0 Å². The van der Waals surface area contributed by atoms with Crippen LogP contribution in [0.5, 0.6) is 0 Å². The van der Waals surface area contributed by atoms with Gasteiger partial charge in [-0.15, -0.1) is 0 Å². The standard InChI is InChI=1S/C15H16N2O4/c18-10-12(15(20)21)16-14(19)13-7-4-8-17(13)9-11-5-2-1-3-6-11/h1-8,12,18H,9-10H2,(H,16,19)(H,20,21)/t12-/m0/s1. The third-order valence-electron chi connectivity index (χ3n) is 3.04. The third kappa shape index (κ3) is 3.70. The SMILES string of the molecule is O=C(N[C@@H](CO)C(=O)O)c1cccn1Cc1ccccc1. The molecule has 0 aliphatic rings. The molecule has 3 N–H and O–H groups in total. The molecule has 0 unspecified atom stereocenters. The zero-order valence-corrected chi connectivity index (χ0v) is 11.3. The largest absolute Gasteiger partial charge is 0.480 e. The molecule has 6 nitrogen and oxygen atoms in total. The van der Waals surface area contributed by atoms with Gasteiger partial charge in [-0.25, -0.2) is 4.79 Å². The van der Waals surface area contributed by atoms with E-state index in [0.29, 0.717) is 12.2 Å². The molecule has 0 fully saturated rings. The molecule has 1 heterocycles. The first-order valence-electron chi connectivity index (χ1n) is 6.45. The maximum Gasteiger partial charge on any atom is 0.328 e. The number of carbonyl (C=O) groups is 2. The fourth-order valence-electron chi connectivity index (χ4n) is 1.96. The van der Waals surface area contributed by atoms with Crippen molar-refractivity contribution in [3.63, 3.8) is 0 Å². The zero-order valence-electron chi connectivity index (χ0n) is 11.3. The van der Waals surface area contributed by atoms with Crippen molar-refractivity contribution in [3.05, 3.63) is 59.9 Å². The first-order valence-corrected chi connectivity index (χ1v) is 6.45. The quantitative estimate of drug-likeness (QED) is 0.730. The minimum absolute atomic E-state index is 0.346. The van der Waals surface area contributed by atoms with Crippen LogP contribution in [0.25, 0.3) is 0 Å². The average molecular weight is 288 g/mol. The van der Waals surface area contributed by atoms with E-state index in [1.54, 1.807) is 22.9 Å². The molecule has 0 aliphatic carbocycles. The van der Waals surface area contributed by atoms with Gasteiger partial charge >= 0.3 is 5.97 Å². The molecule has 0 saturated heterocycles. The zero-order chi connectivity index (χ0) is 15.2. The Labute approximate surface area is 121 Å². The highest BCUT2D eigenvalue weighted by Crippen LogP contribution is 2.08. The number of hydrogen-bond acceptors (Lipinski definition) is 3. The molecule has 2 aromatic rings. The molecule has 0 saturated carbocycles. The van der Waals surface area contributed by atoms with Crippen molar-refractivity contribution < 1.29 is 19.8 Å².